The van der Waals surface area contributed by atoms with E-state index in [0.717, 1.165) is 11.1 Å². The van der Waals surface area contributed by atoms with Crippen LogP contribution in [-0.2, 0) is 20.7 Å². The van der Waals surface area contributed by atoms with Gasteiger partial charge in [-0.3, -0.25) is 9.59 Å². The lowest BCUT2D eigenvalue weighted by molar-refractivity contribution is -0.141. The molecule has 26 heavy (non-hydrogen) atoms. The number of carboxylic acid groups (broad SMARTS) is 1. The summed E-state index contributed by atoms with van der Waals surface area (Å²) in [6, 6.07) is 9.80. The molecule has 1 aromatic rings. The molecule has 0 aromatic heterocycles. The number of allylic oxidation sites excluding steroid dienone is 6. The highest BCUT2D eigenvalue weighted by molar-refractivity contribution is 5.71. The summed E-state index contributed by atoms with van der Waals surface area (Å²) >= 11 is 0. The zero-order chi connectivity index (χ0) is 18.8. The first-order valence-corrected chi connectivity index (χ1v) is 8.73. The largest absolute Gasteiger partial charge is 0.481 e. The van der Waals surface area contributed by atoms with Gasteiger partial charge >= 0.3 is 11.9 Å². The summed E-state index contributed by atoms with van der Waals surface area (Å²) in [7, 11) is 0. The van der Waals surface area contributed by atoms with Crippen molar-refractivity contribution in [3.05, 3.63) is 84.2 Å². The van der Waals surface area contributed by atoms with Crippen molar-refractivity contribution in [1.82, 2.24) is 0 Å². The molecule has 0 fully saturated rings. The monoisotopic (exact) mass is 352 g/mol. The van der Waals surface area contributed by atoms with Crippen molar-refractivity contribution >= 4 is 11.9 Å². The molecule has 0 saturated heterocycles. The van der Waals surface area contributed by atoms with Crippen molar-refractivity contribution in [2.45, 2.75) is 32.1 Å². The number of benzene rings is 1. The van der Waals surface area contributed by atoms with E-state index >= 15 is 0 Å². The first-order valence-electron chi connectivity index (χ1n) is 8.73. The van der Waals surface area contributed by atoms with Crippen LogP contribution < -0.4 is 0 Å². The number of esters is 1. The Labute approximate surface area is 154 Å². The van der Waals surface area contributed by atoms with Gasteiger partial charge in [0.1, 0.15) is 5.76 Å². The molecule has 0 radical (unpaired) electrons. The molecule has 1 aliphatic rings. The number of hydrogen-bond donors (Lipinski definition) is 1. The summed E-state index contributed by atoms with van der Waals surface area (Å²) in [4.78, 5) is 23.3. The number of aryl methyl sites for hydroxylation is 1. The quantitative estimate of drug-likeness (QED) is 0.521. The van der Waals surface area contributed by atoms with Gasteiger partial charge in [0.15, 0.2) is 0 Å². The molecule has 136 valence electrons. The van der Waals surface area contributed by atoms with Crippen molar-refractivity contribution in [2.24, 2.45) is 5.92 Å². The van der Waals surface area contributed by atoms with E-state index in [-0.39, 0.29) is 5.97 Å². The molecule has 0 bridgehead atoms. The normalized spacial score (nSPS) is 14.6. The summed E-state index contributed by atoms with van der Waals surface area (Å²) in [6.07, 6.45) is 11.3. The maximum atomic E-state index is 12.0. The van der Waals surface area contributed by atoms with E-state index in [4.69, 9.17) is 4.74 Å². The van der Waals surface area contributed by atoms with Crippen LogP contribution in [0.5, 0.6) is 0 Å². The summed E-state index contributed by atoms with van der Waals surface area (Å²) in [6.45, 7) is 3.61. The van der Waals surface area contributed by atoms with E-state index in [9.17, 15) is 14.7 Å². The zero-order valence-corrected chi connectivity index (χ0v) is 14.8. The number of carboxylic acids is 1. The van der Waals surface area contributed by atoms with Gasteiger partial charge in [-0.15, -0.1) is 6.58 Å². The Bertz CT molecular complexity index is 726. The van der Waals surface area contributed by atoms with E-state index in [2.05, 4.69) is 6.58 Å². The molecule has 1 unspecified atom stereocenters. The SMILES string of the molecule is C=CCC(CC1=CC=C(OC(=O)CCc2ccccc2)CC=C1)C(=O)O. The van der Waals surface area contributed by atoms with Crippen molar-refractivity contribution in [3.8, 4) is 0 Å². The number of rotatable bonds is 9. The van der Waals surface area contributed by atoms with Gasteiger partial charge in [-0.2, -0.15) is 0 Å². The van der Waals surface area contributed by atoms with E-state index < -0.39 is 11.9 Å². The lowest BCUT2D eigenvalue weighted by Gasteiger charge is -2.09. The molecule has 1 aliphatic carbocycles. The van der Waals surface area contributed by atoms with Crippen LogP contribution >= 0.6 is 0 Å². The summed E-state index contributed by atoms with van der Waals surface area (Å²) in [5.41, 5.74) is 2.00. The number of hydrogen-bond acceptors (Lipinski definition) is 3. The smallest absolute Gasteiger partial charge is 0.311 e. The predicted octanol–water partition coefficient (Wildman–Crippen LogP) is 4.60. The Hall–Kier alpha value is -2.88. The van der Waals surface area contributed by atoms with Crippen LogP contribution in [0.2, 0.25) is 0 Å². The Morgan fingerprint density at radius 3 is 2.69 bits per heavy atom. The van der Waals surface area contributed by atoms with Crippen LogP contribution in [0.25, 0.3) is 0 Å². The van der Waals surface area contributed by atoms with Gasteiger partial charge in [0, 0.05) is 12.8 Å². The highest BCUT2D eigenvalue weighted by Gasteiger charge is 2.17. The summed E-state index contributed by atoms with van der Waals surface area (Å²) < 4.78 is 5.44. The van der Waals surface area contributed by atoms with Gasteiger partial charge in [-0.1, -0.05) is 54.6 Å². The number of aliphatic carboxylic acids is 1. The van der Waals surface area contributed by atoms with Crippen LogP contribution in [0.1, 0.15) is 31.2 Å². The average molecular weight is 352 g/mol. The number of carbonyl (C=O) groups is 2. The van der Waals surface area contributed by atoms with Gasteiger partial charge in [-0.05, 0) is 36.5 Å². The number of carbonyl (C=O) groups excluding carboxylic acids is 1. The first-order chi connectivity index (χ1) is 12.6. The van der Waals surface area contributed by atoms with Gasteiger partial charge in [0.25, 0.3) is 0 Å². The van der Waals surface area contributed by atoms with E-state index in [1.807, 2.05) is 48.6 Å². The minimum atomic E-state index is -0.833. The molecule has 0 saturated carbocycles. The Balaban J connectivity index is 1.90. The van der Waals surface area contributed by atoms with E-state index in [1.54, 1.807) is 12.2 Å². The third kappa shape index (κ3) is 6.55. The second-order valence-corrected chi connectivity index (χ2v) is 6.20. The van der Waals surface area contributed by atoms with Crippen LogP contribution in [0.3, 0.4) is 0 Å². The fraction of sp³-hybridized carbons (Fsp3) is 0.273. The number of ether oxygens (including phenoxy) is 1. The average Bonchev–Trinajstić information content (AvgIpc) is 2.85. The maximum absolute atomic E-state index is 12.0. The molecule has 0 aliphatic heterocycles. The van der Waals surface area contributed by atoms with Gasteiger partial charge < -0.3 is 9.84 Å². The summed E-state index contributed by atoms with van der Waals surface area (Å²) in [5, 5.41) is 9.25. The molecule has 4 nitrogen and oxygen atoms in total. The standard InChI is InChI=1S/C22H24O4/c1-2-7-19(22(24)25)16-18-10-6-11-20(14-12-18)26-21(23)15-13-17-8-4-3-5-9-17/h2-6,8-10,12,14,19H,1,7,11,13,15-16H2,(H,24,25). The molecular formula is C22H24O4. The van der Waals surface area contributed by atoms with Crippen molar-refractivity contribution in [3.63, 3.8) is 0 Å². The topological polar surface area (TPSA) is 63.6 Å². The fourth-order valence-corrected chi connectivity index (χ4v) is 2.71. The molecule has 1 N–H and O–H groups in total. The third-order valence-electron chi connectivity index (χ3n) is 4.12. The lowest BCUT2D eigenvalue weighted by Crippen LogP contribution is -2.13. The van der Waals surface area contributed by atoms with Crippen LogP contribution in [0.4, 0.5) is 0 Å². The fourth-order valence-electron chi connectivity index (χ4n) is 2.71. The van der Waals surface area contributed by atoms with E-state index in [0.29, 0.717) is 37.9 Å². The Morgan fingerprint density at radius 1 is 1.23 bits per heavy atom. The molecule has 1 atom stereocenters. The van der Waals surface area contributed by atoms with Crippen LogP contribution in [0.15, 0.2) is 78.6 Å². The van der Waals surface area contributed by atoms with Crippen LogP contribution in [0, 0.1) is 5.92 Å². The van der Waals surface area contributed by atoms with Crippen LogP contribution in [-0.4, -0.2) is 17.0 Å². The minimum absolute atomic E-state index is 0.263. The highest BCUT2D eigenvalue weighted by atomic mass is 16.5. The highest BCUT2D eigenvalue weighted by Crippen LogP contribution is 2.21. The maximum Gasteiger partial charge on any atom is 0.311 e. The van der Waals surface area contributed by atoms with Crippen molar-refractivity contribution < 1.29 is 19.4 Å². The molecule has 2 rings (SSSR count). The molecule has 0 amide bonds. The first kappa shape index (κ1) is 19.4. The summed E-state index contributed by atoms with van der Waals surface area (Å²) in [5.74, 6) is -1.02. The predicted molar refractivity (Wildman–Crippen MR) is 101 cm³/mol. The third-order valence-corrected chi connectivity index (χ3v) is 4.12. The molecule has 0 heterocycles. The van der Waals surface area contributed by atoms with Gasteiger partial charge in [0.05, 0.1) is 5.92 Å². The zero-order valence-electron chi connectivity index (χ0n) is 14.8. The van der Waals surface area contributed by atoms with Gasteiger partial charge in [0.2, 0.25) is 0 Å². The Morgan fingerprint density at radius 2 is 2.00 bits per heavy atom. The van der Waals surface area contributed by atoms with Crippen molar-refractivity contribution in [1.29, 1.82) is 0 Å². The van der Waals surface area contributed by atoms with Gasteiger partial charge in [-0.25, -0.2) is 0 Å². The molecular weight excluding hydrogens is 328 g/mol. The minimum Gasteiger partial charge on any atom is -0.481 e. The molecule has 1 aromatic carbocycles. The Kier molecular flexibility index (Phi) is 7.62. The van der Waals surface area contributed by atoms with E-state index in [1.165, 1.54) is 0 Å². The second kappa shape index (κ2) is 10.2. The van der Waals surface area contributed by atoms with Crippen molar-refractivity contribution in [2.75, 3.05) is 0 Å². The molecule has 4 heteroatoms. The molecule has 0 spiro atoms. The second-order valence-electron chi connectivity index (χ2n) is 6.20. The lowest BCUT2D eigenvalue weighted by atomic mass is 9.96.